The molecule has 0 radical (unpaired) electrons. The van der Waals surface area contributed by atoms with E-state index in [1.165, 1.54) is 16.5 Å². The zero-order valence-corrected chi connectivity index (χ0v) is 12.7. The summed E-state index contributed by atoms with van der Waals surface area (Å²) in [6.07, 6.45) is 2.10. The van der Waals surface area contributed by atoms with Crippen molar-refractivity contribution in [1.82, 2.24) is 19.7 Å². The smallest absolute Gasteiger partial charge is 0.319 e. The van der Waals surface area contributed by atoms with Crippen LogP contribution in [0.4, 0.5) is 4.79 Å². The maximum Gasteiger partial charge on any atom is 0.319 e. The van der Waals surface area contributed by atoms with Crippen LogP contribution >= 0.6 is 0 Å². The van der Waals surface area contributed by atoms with Crippen LogP contribution < -0.4 is 0 Å². The Balaban J connectivity index is 1.62. The van der Waals surface area contributed by atoms with Gasteiger partial charge in [-0.1, -0.05) is 18.2 Å². The molecule has 5 nitrogen and oxygen atoms in total. The summed E-state index contributed by atoms with van der Waals surface area (Å²) in [7, 11) is 3.61. The van der Waals surface area contributed by atoms with Gasteiger partial charge in [-0.15, -0.1) is 0 Å². The number of carbonyl (C=O) groups is 1. The number of piperazine rings is 1. The average molecular weight is 286 g/mol. The molecular weight excluding hydrogens is 264 g/mol. The fraction of sp³-hybridized carbons (Fsp3) is 0.438. The van der Waals surface area contributed by atoms with E-state index >= 15 is 0 Å². The first-order valence-corrected chi connectivity index (χ1v) is 7.39. The van der Waals surface area contributed by atoms with Crippen molar-refractivity contribution < 1.29 is 4.79 Å². The third kappa shape index (κ3) is 2.88. The van der Waals surface area contributed by atoms with Gasteiger partial charge in [0.25, 0.3) is 0 Å². The minimum Gasteiger partial charge on any atom is -0.361 e. The summed E-state index contributed by atoms with van der Waals surface area (Å²) in [5, 5.41) is 1.30. The Morgan fingerprint density at radius 3 is 2.62 bits per heavy atom. The van der Waals surface area contributed by atoms with Gasteiger partial charge in [0.2, 0.25) is 0 Å². The average Bonchev–Trinajstić information content (AvgIpc) is 2.91. The molecule has 1 aromatic heterocycles. The first-order chi connectivity index (χ1) is 10.1. The Kier molecular flexibility index (Phi) is 3.84. The van der Waals surface area contributed by atoms with Crippen molar-refractivity contribution in [3.8, 4) is 0 Å². The van der Waals surface area contributed by atoms with E-state index in [0.717, 1.165) is 32.7 Å². The number of fused-ring (bicyclic) bond motifs is 1. The van der Waals surface area contributed by atoms with E-state index in [9.17, 15) is 4.79 Å². The van der Waals surface area contributed by atoms with Gasteiger partial charge in [-0.25, -0.2) is 4.79 Å². The third-order valence-electron chi connectivity index (χ3n) is 4.09. The molecular formula is C16H22N4O. The topological polar surface area (TPSA) is 42.6 Å². The number of para-hydroxylation sites is 1. The van der Waals surface area contributed by atoms with Crippen molar-refractivity contribution in [2.45, 2.75) is 6.54 Å². The molecule has 1 fully saturated rings. The van der Waals surface area contributed by atoms with Crippen LogP contribution in [0.5, 0.6) is 0 Å². The second-order valence-electron chi connectivity index (χ2n) is 5.80. The molecule has 3 rings (SSSR count). The van der Waals surface area contributed by atoms with Gasteiger partial charge in [0.15, 0.2) is 0 Å². The third-order valence-corrected chi connectivity index (χ3v) is 4.09. The predicted octanol–water partition coefficient (Wildman–Crippen LogP) is 1.97. The molecule has 2 heterocycles. The minimum absolute atomic E-state index is 0.113. The summed E-state index contributed by atoms with van der Waals surface area (Å²) in [5.41, 5.74) is 2.52. The number of urea groups is 1. The zero-order valence-electron chi connectivity index (χ0n) is 12.7. The summed E-state index contributed by atoms with van der Waals surface area (Å²) in [6.45, 7) is 4.41. The van der Waals surface area contributed by atoms with Crippen molar-refractivity contribution in [2.24, 2.45) is 0 Å². The molecule has 2 amide bonds. The van der Waals surface area contributed by atoms with Crippen molar-refractivity contribution in [3.63, 3.8) is 0 Å². The Morgan fingerprint density at radius 1 is 1.19 bits per heavy atom. The van der Waals surface area contributed by atoms with E-state index in [4.69, 9.17) is 0 Å². The predicted molar refractivity (Wildman–Crippen MR) is 84.2 cm³/mol. The number of H-pyrrole nitrogens is 1. The van der Waals surface area contributed by atoms with Crippen LogP contribution in [0.3, 0.4) is 0 Å². The fourth-order valence-corrected chi connectivity index (χ4v) is 2.88. The van der Waals surface area contributed by atoms with Crippen LogP contribution in [0, 0.1) is 0 Å². The number of aromatic nitrogens is 1. The van der Waals surface area contributed by atoms with Gasteiger partial charge in [0.05, 0.1) is 0 Å². The van der Waals surface area contributed by atoms with Gasteiger partial charge in [0, 0.05) is 63.9 Å². The SMILES string of the molecule is CN(C)C(=O)N1CCN(Cc2c[nH]c3ccccc23)CC1. The normalized spacial score (nSPS) is 16.4. The highest BCUT2D eigenvalue weighted by molar-refractivity contribution is 5.83. The molecule has 1 N–H and O–H groups in total. The van der Waals surface area contributed by atoms with E-state index in [2.05, 4.69) is 34.3 Å². The number of benzene rings is 1. The molecule has 1 aliphatic rings. The van der Waals surface area contributed by atoms with Crippen LogP contribution in [0.2, 0.25) is 0 Å². The Labute approximate surface area is 125 Å². The maximum absolute atomic E-state index is 11.9. The monoisotopic (exact) mass is 286 g/mol. The molecule has 1 aromatic carbocycles. The van der Waals surface area contributed by atoms with Crippen molar-refractivity contribution >= 4 is 16.9 Å². The van der Waals surface area contributed by atoms with E-state index in [1.807, 2.05) is 11.0 Å². The molecule has 2 aromatic rings. The van der Waals surface area contributed by atoms with Gasteiger partial charge < -0.3 is 14.8 Å². The minimum atomic E-state index is 0.113. The largest absolute Gasteiger partial charge is 0.361 e. The van der Waals surface area contributed by atoms with E-state index in [-0.39, 0.29) is 6.03 Å². The van der Waals surface area contributed by atoms with Crippen LogP contribution in [0.25, 0.3) is 10.9 Å². The van der Waals surface area contributed by atoms with Gasteiger partial charge in [0.1, 0.15) is 0 Å². The molecule has 0 spiro atoms. The Morgan fingerprint density at radius 2 is 1.90 bits per heavy atom. The highest BCUT2D eigenvalue weighted by Gasteiger charge is 2.22. The molecule has 0 unspecified atom stereocenters. The van der Waals surface area contributed by atoms with Gasteiger partial charge in [-0.2, -0.15) is 0 Å². The van der Waals surface area contributed by atoms with Gasteiger partial charge in [-0.05, 0) is 11.6 Å². The summed E-state index contributed by atoms with van der Waals surface area (Å²) in [5.74, 6) is 0. The van der Waals surface area contributed by atoms with Gasteiger partial charge >= 0.3 is 6.03 Å². The van der Waals surface area contributed by atoms with Crippen molar-refractivity contribution in [1.29, 1.82) is 0 Å². The standard InChI is InChI=1S/C16H22N4O/c1-18(2)16(21)20-9-7-19(8-10-20)12-13-11-17-15-6-4-3-5-14(13)15/h3-6,11,17H,7-10,12H2,1-2H3. The molecule has 0 aliphatic carbocycles. The van der Waals surface area contributed by atoms with E-state index in [1.54, 1.807) is 19.0 Å². The second-order valence-corrected chi connectivity index (χ2v) is 5.80. The van der Waals surface area contributed by atoms with Gasteiger partial charge in [-0.3, -0.25) is 4.90 Å². The van der Waals surface area contributed by atoms with E-state index < -0.39 is 0 Å². The molecule has 0 saturated carbocycles. The number of amides is 2. The molecule has 0 atom stereocenters. The molecule has 1 saturated heterocycles. The van der Waals surface area contributed by atoms with Crippen LogP contribution in [-0.2, 0) is 6.54 Å². The molecule has 1 aliphatic heterocycles. The highest BCUT2D eigenvalue weighted by Crippen LogP contribution is 2.20. The first-order valence-electron chi connectivity index (χ1n) is 7.39. The summed E-state index contributed by atoms with van der Waals surface area (Å²) in [6, 6.07) is 8.50. The number of hydrogen-bond acceptors (Lipinski definition) is 2. The molecule has 112 valence electrons. The van der Waals surface area contributed by atoms with Crippen LogP contribution in [0.15, 0.2) is 30.5 Å². The highest BCUT2D eigenvalue weighted by atomic mass is 16.2. The lowest BCUT2D eigenvalue weighted by Crippen LogP contribution is -2.51. The first kappa shape index (κ1) is 13.9. The number of carbonyl (C=O) groups excluding carboxylic acids is 1. The summed E-state index contributed by atoms with van der Waals surface area (Å²) >= 11 is 0. The molecule has 5 heteroatoms. The lowest BCUT2D eigenvalue weighted by Gasteiger charge is -2.35. The van der Waals surface area contributed by atoms with Crippen LogP contribution in [0.1, 0.15) is 5.56 Å². The Bertz CT molecular complexity index is 626. The molecule has 21 heavy (non-hydrogen) atoms. The lowest BCUT2D eigenvalue weighted by molar-refractivity contribution is 0.120. The zero-order chi connectivity index (χ0) is 14.8. The summed E-state index contributed by atoms with van der Waals surface area (Å²) < 4.78 is 0. The Hall–Kier alpha value is -2.01. The number of nitrogens with one attached hydrogen (secondary N) is 1. The number of rotatable bonds is 2. The number of nitrogens with zero attached hydrogens (tertiary/aromatic N) is 3. The maximum atomic E-state index is 11.9. The second kappa shape index (κ2) is 5.77. The number of aromatic amines is 1. The van der Waals surface area contributed by atoms with Crippen molar-refractivity contribution in [2.75, 3.05) is 40.3 Å². The number of hydrogen-bond donors (Lipinski definition) is 1. The van der Waals surface area contributed by atoms with Crippen LogP contribution in [-0.4, -0.2) is 66.0 Å². The summed E-state index contributed by atoms with van der Waals surface area (Å²) in [4.78, 5) is 21.2. The molecule has 0 bridgehead atoms. The quantitative estimate of drug-likeness (QED) is 0.917. The lowest BCUT2D eigenvalue weighted by atomic mass is 10.1. The fourth-order valence-electron chi connectivity index (χ4n) is 2.88. The van der Waals surface area contributed by atoms with Crippen molar-refractivity contribution in [3.05, 3.63) is 36.0 Å². The van der Waals surface area contributed by atoms with E-state index in [0.29, 0.717) is 0 Å².